The molecule has 138 valence electrons. The number of nitrogens with zero attached hydrogens (tertiary/aromatic N) is 1. The Hall–Kier alpha value is -2.79. The van der Waals surface area contributed by atoms with Gasteiger partial charge in [0.25, 0.3) is 0 Å². The summed E-state index contributed by atoms with van der Waals surface area (Å²) >= 11 is 0. The van der Waals surface area contributed by atoms with E-state index in [1.54, 1.807) is 0 Å². The number of nitrogens with two attached hydrogens (primary N) is 1. The highest BCUT2D eigenvalue weighted by Gasteiger charge is 2.00. The van der Waals surface area contributed by atoms with Crippen LogP contribution in [0.5, 0.6) is 0 Å². The fourth-order valence-electron chi connectivity index (χ4n) is 2.53. The Labute approximate surface area is 159 Å². The summed E-state index contributed by atoms with van der Waals surface area (Å²) in [7, 11) is 0. The van der Waals surface area contributed by atoms with Gasteiger partial charge in [-0.3, -0.25) is 0 Å². The van der Waals surface area contributed by atoms with Crippen LogP contribution in [0.15, 0.2) is 67.4 Å². The average molecular weight is 349 g/mol. The van der Waals surface area contributed by atoms with Gasteiger partial charge in [0.15, 0.2) is 0 Å². The Morgan fingerprint density at radius 2 is 1.65 bits per heavy atom. The molecule has 2 heteroatoms. The second kappa shape index (κ2) is 13.5. The second-order valence-corrected chi connectivity index (χ2v) is 5.89. The summed E-state index contributed by atoms with van der Waals surface area (Å²) in [6, 6.07) is 18.6. The zero-order valence-corrected chi connectivity index (χ0v) is 16.7. The molecule has 0 aromatic heterocycles. The number of benzene rings is 2. The van der Waals surface area contributed by atoms with E-state index in [-0.39, 0.29) is 5.70 Å². The molecule has 0 saturated heterocycles. The lowest BCUT2D eigenvalue weighted by Crippen LogP contribution is -1.97. The van der Waals surface area contributed by atoms with Gasteiger partial charge in [0.2, 0.25) is 0 Å². The van der Waals surface area contributed by atoms with Crippen molar-refractivity contribution in [1.29, 1.82) is 5.26 Å². The van der Waals surface area contributed by atoms with Crippen molar-refractivity contribution in [1.82, 2.24) is 0 Å². The molecule has 0 aliphatic carbocycles. The third-order valence-electron chi connectivity index (χ3n) is 3.99. The Morgan fingerprint density at radius 1 is 1.04 bits per heavy atom. The molecule has 0 radical (unpaired) electrons. The summed E-state index contributed by atoms with van der Waals surface area (Å²) in [5.74, 6) is 0. The molecule has 2 aromatic rings. The maximum absolute atomic E-state index is 8.60. The first-order valence-corrected chi connectivity index (χ1v) is 9.03. The first-order chi connectivity index (χ1) is 12.5. The molecule has 26 heavy (non-hydrogen) atoms. The van der Waals surface area contributed by atoms with Gasteiger partial charge in [-0.2, -0.15) is 5.26 Å². The molecule has 0 spiro atoms. The van der Waals surface area contributed by atoms with Crippen LogP contribution in [0.2, 0.25) is 0 Å². The fourth-order valence-corrected chi connectivity index (χ4v) is 2.53. The molecule has 0 fully saturated rings. The molecule has 0 unspecified atom stereocenters. The number of hydrogen-bond acceptors (Lipinski definition) is 2. The Bertz CT molecular complexity index is 736. The maximum atomic E-state index is 8.60. The molecule has 0 bridgehead atoms. The third kappa shape index (κ3) is 7.85. The molecule has 0 atom stereocenters. The van der Waals surface area contributed by atoms with Crippen molar-refractivity contribution in [3.8, 4) is 6.07 Å². The molecular formula is C24H32N2. The predicted molar refractivity (Wildman–Crippen MR) is 115 cm³/mol. The first-order valence-electron chi connectivity index (χ1n) is 9.03. The summed E-state index contributed by atoms with van der Waals surface area (Å²) in [6.07, 6.45) is 3.64. The van der Waals surface area contributed by atoms with E-state index in [1.165, 1.54) is 29.5 Å². The summed E-state index contributed by atoms with van der Waals surface area (Å²) in [5, 5.41) is 8.60. The van der Waals surface area contributed by atoms with Crippen LogP contribution < -0.4 is 5.73 Å². The van der Waals surface area contributed by atoms with Gasteiger partial charge in [-0.25, -0.2) is 0 Å². The van der Waals surface area contributed by atoms with E-state index in [2.05, 4.69) is 51.3 Å². The van der Waals surface area contributed by atoms with E-state index in [0.29, 0.717) is 0 Å². The van der Waals surface area contributed by atoms with Gasteiger partial charge in [0, 0.05) is 0 Å². The largest absolute Gasteiger partial charge is 0.390 e. The van der Waals surface area contributed by atoms with Crippen molar-refractivity contribution in [2.45, 2.75) is 47.0 Å². The van der Waals surface area contributed by atoms with Gasteiger partial charge in [0.1, 0.15) is 11.8 Å². The number of nitriles is 1. The minimum Gasteiger partial charge on any atom is -0.390 e. The fraction of sp³-hybridized carbons (Fsp3) is 0.292. The van der Waals surface area contributed by atoms with E-state index in [4.69, 9.17) is 11.0 Å². The average Bonchev–Trinajstić information content (AvgIpc) is 2.69. The predicted octanol–water partition coefficient (Wildman–Crippen LogP) is 6.21. The topological polar surface area (TPSA) is 49.8 Å². The molecular weight excluding hydrogens is 316 g/mol. The van der Waals surface area contributed by atoms with E-state index in [0.717, 1.165) is 17.6 Å². The number of hydrogen-bond donors (Lipinski definition) is 1. The molecule has 2 aromatic carbocycles. The number of aryl methyl sites for hydroxylation is 3. The standard InChI is InChI=1S/C11H12N2.C11H16.C2H4/c1-8-4-3-5-10(6-8)9(2)11(13)7-12;1-3-7-11-9-6-5-8-10(11)4-2;1-2/h3-6H,13H2,1-2H3;5-6,8-9H,3-4,7H2,1-2H3;1-2H2/b11-9+;;. The lowest BCUT2D eigenvalue weighted by Gasteiger charge is -2.04. The van der Waals surface area contributed by atoms with Gasteiger partial charge in [-0.1, -0.05) is 74.4 Å². The van der Waals surface area contributed by atoms with Gasteiger partial charge < -0.3 is 5.73 Å². The van der Waals surface area contributed by atoms with Crippen molar-refractivity contribution in [3.05, 3.63) is 89.6 Å². The normalized spacial score (nSPS) is 10.3. The highest BCUT2D eigenvalue weighted by Crippen LogP contribution is 2.16. The zero-order chi connectivity index (χ0) is 19.9. The van der Waals surface area contributed by atoms with Gasteiger partial charge in [-0.05, 0) is 49.0 Å². The molecule has 2 N–H and O–H groups in total. The van der Waals surface area contributed by atoms with Gasteiger partial charge >= 0.3 is 0 Å². The van der Waals surface area contributed by atoms with Crippen LogP contribution in [0, 0.1) is 18.3 Å². The molecule has 0 heterocycles. The summed E-state index contributed by atoms with van der Waals surface area (Å²) in [5.41, 5.74) is 11.9. The van der Waals surface area contributed by atoms with E-state index < -0.39 is 0 Å². The SMILES string of the molecule is C/C(=C(\N)C#N)c1cccc(C)c1.C=C.CCCc1ccccc1CC. The summed E-state index contributed by atoms with van der Waals surface area (Å²) in [4.78, 5) is 0. The van der Waals surface area contributed by atoms with Crippen LogP contribution >= 0.6 is 0 Å². The van der Waals surface area contributed by atoms with Crippen LogP contribution in [0.4, 0.5) is 0 Å². The van der Waals surface area contributed by atoms with Crippen molar-refractivity contribution in [2.75, 3.05) is 0 Å². The molecule has 0 saturated carbocycles. The van der Waals surface area contributed by atoms with Crippen molar-refractivity contribution < 1.29 is 0 Å². The molecule has 2 rings (SSSR count). The highest BCUT2D eigenvalue weighted by atomic mass is 14.6. The van der Waals surface area contributed by atoms with Crippen LogP contribution in [-0.2, 0) is 12.8 Å². The van der Waals surface area contributed by atoms with Crippen LogP contribution in [0.3, 0.4) is 0 Å². The minimum absolute atomic E-state index is 0.283. The Balaban J connectivity index is 0.000000444. The lowest BCUT2D eigenvalue weighted by atomic mass is 10.0. The third-order valence-corrected chi connectivity index (χ3v) is 3.99. The summed E-state index contributed by atoms with van der Waals surface area (Å²) < 4.78 is 0. The Morgan fingerprint density at radius 3 is 2.15 bits per heavy atom. The summed E-state index contributed by atoms with van der Waals surface area (Å²) in [6.45, 7) is 14.3. The quantitative estimate of drug-likeness (QED) is 0.527. The van der Waals surface area contributed by atoms with Crippen molar-refractivity contribution in [3.63, 3.8) is 0 Å². The monoisotopic (exact) mass is 348 g/mol. The first kappa shape index (κ1) is 23.2. The molecule has 0 aliphatic rings. The second-order valence-electron chi connectivity index (χ2n) is 5.89. The maximum Gasteiger partial charge on any atom is 0.117 e. The van der Waals surface area contributed by atoms with Gasteiger partial charge in [0.05, 0.1) is 0 Å². The Kier molecular flexibility index (Phi) is 12.0. The molecule has 2 nitrogen and oxygen atoms in total. The van der Waals surface area contributed by atoms with E-state index in [9.17, 15) is 0 Å². The van der Waals surface area contributed by atoms with Crippen LogP contribution in [0.25, 0.3) is 5.57 Å². The smallest absolute Gasteiger partial charge is 0.117 e. The van der Waals surface area contributed by atoms with Gasteiger partial charge in [-0.15, -0.1) is 13.2 Å². The van der Waals surface area contributed by atoms with E-state index >= 15 is 0 Å². The highest BCUT2D eigenvalue weighted by molar-refractivity contribution is 5.69. The van der Waals surface area contributed by atoms with Crippen molar-refractivity contribution >= 4 is 5.57 Å². The van der Waals surface area contributed by atoms with Crippen LogP contribution in [0.1, 0.15) is 49.4 Å². The number of rotatable bonds is 4. The molecule has 0 amide bonds. The van der Waals surface area contributed by atoms with Crippen molar-refractivity contribution in [2.24, 2.45) is 5.73 Å². The zero-order valence-electron chi connectivity index (χ0n) is 16.7. The van der Waals surface area contributed by atoms with E-state index in [1.807, 2.05) is 44.2 Å². The number of allylic oxidation sites excluding steroid dienone is 2. The van der Waals surface area contributed by atoms with Crippen LogP contribution in [-0.4, -0.2) is 0 Å². The lowest BCUT2D eigenvalue weighted by molar-refractivity contribution is 0.899. The minimum atomic E-state index is 0.283. The molecule has 0 aliphatic heterocycles.